The highest BCUT2D eigenvalue weighted by Gasteiger charge is 2.38. The summed E-state index contributed by atoms with van der Waals surface area (Å²) in [5.74, 6) is -0.456. The number of esters is 1. The molecule has 2 unspecified atom stereocenters. The zero-order valence-corrected chi connectivity index (χ0v) is 16.7. The molecule has 2 atom stereocenters. The normalized spacial score (nSPS) is 19.6. The van der Waals surface area contributed by atoms with Crippen molar-refractivity contribution in [2.75, 3.05) is 18.6 Å². The van der Waals surface area contributed by atoms with E-state index in [2.05, 4.69) is 4.98 Å². The first-order chi connectivity index (χ1) is 14.0. The van der Waals surface area contributed by atoms with Gasteiger partial charge in [0.05, 0.1) is 12.7 Å². The lowest BCUT2D eigenvalue weighted by Crippen LogP contribution is -2.60. The molecule has 0 aliphatic carbocycles. The first kappa shape index (κ1) is 19.0. The van der Waals surface area contributed by atoms with Crippen LogP contribution >= 0.6 is 0 Å². The molecule has 1 aliphatic rings. The van der Waals surface area contributed by atoms with Gasteiger partial charge in [-0.05, 0) is 31.5 Å². The number of piperazine rings is 1. The fraction of sp³-hybridized carbons (Fsp3) is 0.318. The number of methoxy groups -OCH3 is 1. The highest BCUT2D eigenvalue weighted by Crippen LogP contribution is 2.30. The summed E-state index contributed by atoms with van der Waals surface area (Å²) in [7, 11) is 1.33. The summed E-state index contributed by atoms with van der Waals surface area (Å²) in [6.45, 7) is 5.02. The van der Waals surface area contributed by atoms with Gasteiger partial charge in [0.2, 0.25) is 5.91 Å². The number of para-hydroxylation sites is 1. The number of benzene rings is 2. The van der Waals surface area contributed by atoms with Crippen molar-refractivity contribution < 1.29 is 18.7 Å². The molecule has 3 aromatic rings. The minimum Gasteiger partial charge on any atom is -0.465 e. The molecular formula is C22H23N3O4. The second-order valence-corrected chi connectivity index (χ2v) is 7.28. The summed E-state index contributed by atoms with van der Waals surface area (Å²) in [4.78, 5) is 33.4. The van der Waals surface area contributed by atoms with E-state index < -0.39 is 12.0 Å². The molecule has 1 amide bonds. The van der Waals surface area contributed by atoms with Gasteiger partial charge in [-0.25, -0.2) is 4.79 Å². The SMILES string of the molecule is COC(=O)c1cccc2oc(N3C(C)CN(Cc4ccccc4)C(=O)C3C)nc12. The third-order valence-electron chi connectivity index (χ3n) is 5.30. The van der Waals surface area contributed by atoms with Crippen LogP contribution < -0.4 is 4.90 Å². The van der Waals surface area contributed by atoms with Crippen LogP contribution in [0.1, 0.15) is 29.8 Å². The quantitative estimate of drug-likeness (QED) is 0.634. The van der Waals surface area contributed by atoms with Gasteiger partial charge in [-0.3, -0.25) is 4.79 Å². The van der Waals surface area contributed by atoms with E-state index in [9.17, 15) is 9.59 Å². The number of amides is 1. The first-order valence-corrected chi connectivity index (χ1v) is 9.58. The van der Waals surface area contributed by atoms with Crippen LogP contribution in [0.2, 0.25) is 0 Å². The molecule has 150 valence electrons. The van der Waals surface area contributed by atoms with Gasteiger partial charge in [-0.15, -0.1) is 0 Å². The van der Waals surface area contributed by atoms with Crippen LogP contribution in [0, 0.1) is 0 Å². The van der Waals surface area contributed by atoms with Crippen LogP contribution in [0.25, 0.3) is 11.1 Å². The van der Waals surface area contributed by atoms with Crippen molar-refractivity contribution in [3.8, 4) is 0 Å². The fourth-order valence-corrected chi connectivity index (χ4v) is 3.88. The second-order valence-electron chi connectivity index (χ2n) is 7.28. The third kappa shape index (κ3) is 3.44. The highest BCUT2D eigenvalue weighted by atomic mass is 16.5. The van der Waals surface area contributed by atoms with Crippen LogP contribution in [-0.2, 0) is 16.1 Å². The highest BCUT2D eigenvalue weighted by molar-refractivity contribution is 6.01. The number of oxazole rings is 1. The molecule has 1 aliphatic heterocycles. The van der Waals surface area contributed by atoms with Crippen molar-refractivity contribution in [2.45, 2.75) is 32.5 Å². The molecule has 2 aromatic carbocycles. The standard InChI is InChI=1S/C22H23N3O4/c1-14-12-24(13-16-8-5-4-6-9-16)20(26)15(2)25(14)22-23-19-17(21(27)28-3)10-7-11-18(19)29-22/h4-11,14-15H,12-13H2,1-3H3. The largest absolute Gasteiger partial charge is 0.465 e. The van der Waals surface area contributed by atoms with E-state index in [0.717, 1.165) is 5.56 Å². The Kier molecular flexibility index (Phi) is 4.96. The van der Waals surface area contributed by atoms with Gasteiger partial charge in [-0.2, -0.15) is 4.98 Å². The Hall–Kier alpha value is -3.35. The number of carbonyl (C=O) groups excluding carboxylic acids is 2. The van der Waals surface area contributed by atoms with E-state index in [-0.39, 0.29) is 11.9 Å². The van der Waals surface area contributed by atoms with E-state index in [0.29, 0.717) is 35.8 Å². The van der Waals surface area contributed by atoms with Gasteiger partial charge >= 0.3 is 5.97 Å². The van der Waals surface area contributed by atoms with Gasteiger partial charge in [0, 0.05) is 19.1 Å². The van der Waals surface area contributed by atoms with Gasteiger partial charge in [-0.1, -0.05) is 36.4 Å². The maximum Gasteiger partial charge on any atom is 0.340 e. The van der Waals surface area contributed by atoms with Crippen LogP contribution in [0.5, 0.6) is 0 Å². The number of nitrogens with zero attached hydrogens (tertiary/aromatic N) is 3. The molecule has 1 fully saturated rings. The molecular weight excluding hydrogens is 370 g/mol. The molecule has 0 radical (unpaired) electrons. The third-order valence-corrected chi connectivity index (χ3v) is 5.30. The van der Waals surface area contributed by atoms with Crippen molar-refractivity contribution in [3.63, 3.8) is 0 Å². The summed E-state index contributed by atoms with van der Waals surface area (Å²) >= 11 is 0. The zero-order chi connectivity index (χ0) is 20.5. The molecule has 0 spiro atoms. The molecule has 29 heavy (non-hydrogen) atoms. The van der Waals surface area contributed by atoms with E-state index in [1.165, 1.54) is 7.11 Å². The summed E-state index contributed by atoms with van der Waals surface area (Å²) < 4.78 is 10.8. The number of aromatic nitrogens is 1. The molecule has 0 N–H and O–H groups in total. The van der Waals surface area contributed by atoms with Crippen LogP contribution in [0.3, 0.4) is 0 Å². The Morgan fingerprint density at radius 3 is 2.66 bits per heavy atom. The van der Waals surface area contributed by atoms with Gasteiger partial charge in [0.15, 0.2) is 5.58 Å². The number of fused-ring (bicyclic) bond motifs is 1. The number of rotatable bonds is 4. The van der Waals surface area contributed by atoms with Crippen molar-refractivity contribution in [1.82, 2.24) is 9.88 Å². The summed E-state index contributed by atoms with van der Waals surface area (Å²) in [6.07, 6.45) is 0. The predicted octanol–water partition coefficient (Wildman–Crippen LogP) is 3.24. The monoisotopic (exact) mass is 393 g/mol. The average Bonchev–Trinajstić information content (AvgIpc) is 3.15. The minimum absolute atomic E-state index is 0.000973. The van der Waals surface area contributed by atoms with Crippen molar-refractivity contribution in [2.24, 2.45) is 0 Å². The van der Waals surface area contributed by atoms with Crippen molar-refractivity contribution in [3.05, 3.63) is 59.7 Å². The minimum atomic E-state index is -0.472. The predicted molar refractivity (Wildman–Crippen MR) is 109 cm³/mol. The Balaban J connectivity index is 1.63. The zero-order valence-electron chi connectivity index (χ0n) is 16.7. The molecule has 2 heterocycles. The second kappa shape index (κ2) is 7.58. The molecule has 0 saturated carbocycles. The Bertz CT molecular complexity index is 1050. The van der Waals surface area contributed by atoms with E-state index >= 15 is 0 Å². The summed E-state index contributed by atoms with van der Waals surface area (Å²) in [6, 6.07) is 15.0. The molecule has 7 nitrogen and oxygen atoms in total. The molecule has 4 rings (SSSR count). The lowest BCUT2D eigenvalue weighted by atomic mass is 10.1. The van der Waals surface area contributed by atoms with E-state index in [1.54, 1.807) is 18.2 Å². The van der Waals surface area contributed by atoms with E-state index in [1.807, 2.05) is 54.0 Å². The summed E-state index contributed by atoms with van der Waals surface area (Å²) in [5.41, 5.74) is 2.36. The molecule has 1 aromatic heterocycles. The Morgan fingerprint density at radius 2 is 1.93 bits per heavy atom. The fourth-order valence-electron chi connectivity index (χ4n) is 3.88. The number of ether oxygens (including phenoxy) is 1. The average molecular weight is 393 g/mol. The summed E-state index contributed by atoms with van der Waals surface area (Å²) in [5, 5.41) is 0. The number of hydrogen-bond donors (Lipinski definition) is 0. The lowest BCUT2D eigenvalue weighted by molar-refractivity contribution is -0.135. The van der Waals surface area contributed by atoms with Crippen LogP contribution in [0.15, 0.2) is 52.9 Å². The van der Waals surface area contributed by atoms with E-state index in [4.69, 9.17) is 9.15 Å². The maximum absolute atomic E-state index is 13.0. The van der Waals surface area contributed by atoms with Crippen molar-refractivity contribution in [1.29, 1.82) is 0 Å². The van der Waals surface area contributed by atoms with Crippen LogP contribution in [-0.4, -0.2) is 47.5 Å². The Labute approximate surface area is 168 Å². The smallest absolute Gasteiger partial charge is 0.340 e. The Morgan fingerprint density at radius 1 is 1.17 bits per heavy atom. The number of carbonyl (C=O) groups is 2. The van der Waals surface area contributed by atoms with Gasteiger partial charge in [0.1, 0.15) is 11.6 Å². The molecule has 1 saturated heterocycles. The van der Waals surface area contributed by atoms with Crippen LogP contribution in [0.4, 0.5) is 6.01 Å². The topological polar surface area (TPSA) is 75.9 Å². The number of anilines is 1. The lowest BCUT2D eigenvalue weighted by Gasteiger charge is -2.42. The molecule has 0 bridgehead atoms. The van der Waals surface area contributed by atoms with Crippen molar-refractivity contribution >= 4 is 29.0 Å². The van der Waals surface area contributed by atoms with Gasteiger partial charge < -0.3 is 19.0 Å². The molecule has 7 heteroatoms. The number of hydrogen-bond acceptors (Lipinski definition) is 6. The van der Waals surface area contributed by atoms with Gasteiger partial charge in [0.25, 0.3) is 6.01 Å². The first-order valence-electron chi connectivity index (χ1n) is 9.58. The maximum atomic E-state index is 13.0.